The number of benzene rings is 1. The van der Waals surface area contributed by atoms with Crippen LogP contribution in [0.15, 0.2) is 18.2 Å². The summed E-state index contributed by atoms with van der Waals surface area (Å²) in [5.74, 6) is -0.795. The summed E-state index contributed by atoms with van der Waals surface area (Å²) in [6, 6.07) is 4.01. The molecule has 1 unspecified atom stereocenters. The van der Waals surface area contributed by atoms with Crippen LogP contribution in [0.5, 0.6) is 0 Å². The van der Waals surface area contributed by atoms with Gasteiger partial charge in [-0.1, -0.05) is 6.07 Å². The van der Waals surface area contributed by atoms with Gasteiger partial charge >= 0.3 is 0 Å². The van der Waals surface area contributed by atoms with Gasteiger partial charge in [-0.25, -0.2) is 4.39 Å². The lowest BCUT2D eigenvalue weighted by Gasteiger charge is -2.23. The number of rotatable bonds is 2. The van der Waals surface area contributed by atoms with Crippen LogP contribution in [0.25, 0.3) is 0 Å². The Hall–Kier alpha value is -1.95. The minimum atomic E-state index is -0.493. The monoisotopic (exact) mass is 251 g/mol. The van der Waals surface area contributed by atoms with E-state index < -0.39 is 6.04 Å². The zero-order chi connectivity index (χ0) is 13.1. The molecule has 0 aromatic heterocycles. The molecule has 3 N–H and O–H groups in total. The fourth-order valence-electron chi connectivity index (χ4n) is 1.65. The maximum atomic E-state index is 13.3. The van der Waals surface area contributed by atoms with Gasteiger partial charge < -0.3 is 10.6 Å². The average molecular weight is 251 g/mol. The van der Waals surface area contributed by atoms with Crippen LogP contribution in [0.2, 0.25) is 0 Å². The van der Waals surface area contributed by atoms with Crippen molar-refractivity contribution in [1.29, 1.82) is 0 Å². The molecule has 1 aromatic carbocycles. The molecule has 0 saturated carbocycles. The zero-order valence-corrected chi connectivity index (χ0v) is 9.92. The number of carbonyl (C=O) groups is 2. The summed E-state index contributed by atoms with van der Waals surface area (Å²) in [5, 5.41) is 7.98. The molecule has 2 amide bonds. The molecule has 2 rings (SSSR count). The second-order valence-electron chi connectivity index (χ2n) is 4.19. The van der Waals surface area contributed by atoms with Crippen molar-refractivity contribution in [3.05, 3.63) is 29.6 Å². The molecular weight excluding hydrogens is 237 g/mol. The van der Waals surface area contributed by atoms with Crippen molar-refractivity contribution < 1.29 is 14.0 Å². The highest BCUT2D eigenvalue weighted by atomic mass is 19.1. The molecule has 0 bridgehead atoms. The summed E-state index contributed by atoms with van der Waals surface area (Å²) in [5.41, 5.74) is 0.929. The van der Waals surface area contributed by atoms with Gasteiger partial charge in [0.1, 0.15) is 11.9 Å². The first-order chi connectivity index (χ1) is 8.56. The predicted molar refractivity (Wildman–Crippen MR) is 64.6 cm³/mol. The van der Waals surface area contributed by atoms with Crippen molar-refractivity contribution in [3.63, 3.8) is 0 Å². The van der Waals surface area contributed by atoms with E-state index in [1.54, 1.807) is 19.1 Å². The molecule has 1 atom stereocenters. The highest BCUT2D eigenvalue weighted by molar-refractivity contribution is 5.96. The molecule has 1 aliphatic heterocycles. The number of nitrogens with one attached hydrogen (secondary N) is 3. The van der Waals surface area contributed by atoms with Gasteiger partial charge in [0.15, 0.2) is 0 Å². The molecule has 5 nitrogen and oxygen atoms in total. The van der Waals surface area contributed by atoms with Gasteiger partial charge in [0.05, 0.1) is 6.54 Å². The number of piperazine rings is 1. The normalized spacial score (nSPS) is 19.2. The zero-order valence-electron chi connectivity index (χ0n) is 9.92. The number of aryl methyl sites for hydroxylation is 1. The summed E-state index contributed by atoms with van der Waals surface area (Å²) in [6.07, 6.45) is 0. The van der Waals surface area contributed by atoms with E-state index in [2.05, 4.69) is 16.0 Å². The molecule has 6 heteroatoms. The van der Waals surface area contributed by atoms with Crippen LogP contribution in [-0.2, 0) is 9.59 Å². The largest absolute Gasteiger partial charge is 0.353 e. The molecule has 1 aromatic rings. The summed E-state index contributed by atoms with van der Waals surface area (Å²) in [4.78, 5) is 22.7. The third-order valence-corrected chi connectivity index (χ3v) is 2.77. The standard InChI is InChI=1S/C12H14FN3O2/c1-7-2-3-8(4-9(7)13)16-12(18)10-5-15-11(17)6-14-10/h2-4,10,14H,5-6H2,1H3,(H,15,17)(H,16,18). The lowest BCUT2D eigenvalue weighted by Crippen LogP contribution is -2.56. The van der Waals surface area contributed by atoms with E-state index in [-0.39, 0.29) is 30.7 Å². The first-order valence-corrected chi connectivity index (χ1v) is 5.63. The SMILES string of the molecule is Cc1ccc(NC(=O)C2CNC(=O)CN2)cc1F. The van der Waals surface area contributed by atoms with Crippen LogP contribution in [0.3, 0.4) is 0 Å². The number of hydrogen-bond acceptors (Lipinski definition) is 3. The molecule has 0 radical (unpaired) electrons. The molecule has 0 spiro atoms. The summed E-state index contributed by atoms with van der Waals surface area (Å²) >= 11 is 0. The van der Waals surface area contributed by atoms with E-state index in [4.69, 9.17) is 0 Å². The van der Waals surface area contributed by atoms with E-state index in [0.29, 0.717) is 11.3 Å². The van der Waals surface area contributed by atoms with Crippen LogP contribution in [0.1, 0.15) is 5.56 Å². The summed E-state index contributed by atoms with van der Waals surface area (Å²) < 4.78 is 13.3. The first kappa shape index (κ1) is 12.5. The van der Waals surface area contributed by atoms with Gasteiger partial charge in [-0.15, -0.1) is 0 Å². The quantitative estimate of drug-likeness (QED) is 0.701. The highest BCUT2D eigenvalue weighted by Crippen LogP contribution is 2.13. The van der Waals surface area contributed by atoms with Crippen molar-refractivity contribution >= 4 is 17.5 Å². The van der Waals surface area contributed by atoms with E-state index in [0.717, 1.165) is 0 Å². The lowest BCUT2D eigenvalue weighted by molar-refractivity contribution is -0.124. The van der Waals surface area contributed by atoms with Gasteiger partial charge in [-0.2, -0.15) is 0 Å². The van der Waals surface area contributed by atoms with Crippen LogP contribution in [0, 0.1) is 12.7 Å². The third kappa shape index (κ3) is 2.84. The number of hydrogen-bond donors (Lipinski definition) is 3. The van der Waals surface area contributed by atoms with Gasteiger partial charge in [0, 0.05) is 12.2 Å². The predicted octanol–water partition coefficient (Wildman–Crippen LogP) is 0.161. The van der Waals surface area contributed by atoms with Gasteiger partial charge in [0.25, 0.3) is 0 Å². The molecule has 1 heterocycles. The molecule has 0 aliphatic carbocycles. The van der Waals surface area contributed by atoms with E-state index in [9.17, 15) is 14.0 Å². The molecule has 1 aliphatic rings. The first-order valence-electron chi connectivity index (χ1n) is 5.63. The van der Waals surface area contributed by atoms with Crippen molar-refractivity contribution in [1.82, 2.24) is 10.6 Å². The Morgan fingerprint density at radius 2 is 2.28 bits per heavy atom. The Morgan fingerprint density at radius 1 is 1.50 bits per heavy atom. The number of halogens is 1. The second-order valence-corrected chi connectivity index (χ2v) is 4.19. The van der Waals surface area contributed by atoms with Crippen LogP contribution < -0.4 is 16.0 Å². The number of amides is 2. The Bertz CT molecular complexity index is 480. The van der Waals surface area contributed by atoms with Crippen LogP contribution in [0.4, 0.5) is 10.1 Å². The Balaban J connectivity index is 1.98. The lowest BCUT2D eigenvalue weighted by atomic mass is 10.2. The third-order valence-electron chi connectivity index (χ3n) is 2.77. The molecule has 18 heavy (non-hydrogen) atoms. The Kier molecular flexibility index (Phi) is 3.57. The van der Waals surface area contributed by atoms with E-state index >= 15 is 0 Å². The highest BCUT2D eigenvalue weighted by Gasteiger charge is 2.23. The number of carbonyl (C=O) groups excluding carboxylic acids is 2. The topological polar surface area (TPSA) is 70.2 Å². The molecule has 96 valence electrons. The number of anilines is 1. The Morgan fingerprint density at radius 3 is 2.89 bits per heavy atom. The van der Waals surface area contributed by atoms with Crippen molar-refractivity contribution in [3.8, 4) is 0 Å². The fourth-order valence-corrected chi connectivity index (χ4v) is 1.65. The van der Waals surface area contributed by atoms with Crippen LogP contribution in [-0.4, -0.2) is 30.9 Å². The van der Waals surface area contributed by atoms with E-state index in [1.165, 1.54) is 6.07 Å². The van der Waals surface area contributed by atoms with Crippen molar-refractivity contribution in [2.24, 2.45) is 0 Å². The minimum Gasteiger partial charge on any atom is -0.353 e. The van der Waals surface area contributed by atoms with Crippen LogP contribution >= 0.6 is 0 Å². The molecular formula is C12H14FN3O2. The van der Waals surface area contributed by atoms with Crippen molar-refractivity contribution in [2.75, 3.05) is 18.4 Å². The molecule has 1 saturated heterocycles. The van der Waals surface area contributed by atoms with Gasteiger partial charge in [-0.05, 0) is 24.6 Å². The maximum absolute atomic E-state index is 13.3. The Labute approximate surface area is 104 Å². The maximum Gasteiger partial charge on any atom is 0.243 e. The fraction of sp³-hybridized carbons (Fsp3) is 0.333. The van der Waals surface area contributed by atoms with Crippen molar-refractivity contribution in [2.45, 2.75) is 13.0 Å². The smallest absolute Gasteiger partial charge is 0.243 e. The van der Waals surface area contributed by atoms with Gasteiger partial charge in [0.2, 0.25) is 11.8 Å². The molecule has 1 fully saturated rings. The summed E-state index contributed by atoms with van der Waals surface area (Å²) in [7, 11) is 0. The van der Waals surface area contributed by atoms with E-state index in [1.807, 2.05) is 0 Å². The summed E-state index contributed by atoms with van der Waals surface area (Å²) in [6.45, 7) is 2.00. The van der Waals surface area contributed by atoms with Gasteiger partial charge in [-0.3, -0.25) is 14.9 Å². The average Bonchev–Trinajstić information content (AvgIpc) is 2.34. The second kappa shape index (κ2) is 5.14. The minimum absolute atomic E-state index is 0.111.